The third-order valence-corrected chi connectivity index (χ3v) is 4.59. The highest BCUT2D eigenvalue weighted by molar-refractivity contribution is 7.72. The largest absolute Gasteiger partial charge is 0.507 e. The highest BCUT2D eigenvalue weighted by Gasteiger charge is 2.14. The van der Waals surface area contributed by atoms with E-state index in [0.717, 1.165) is 11.1 Å². The van der Waals surface area contributed by atoms with Gasteiger partial charge in [-0.15, -0.1) is 0 Å². The molecule has 5 N–H and O–H groups in total. The van der Waals surface area contributed by atoms with Crippen LogP contribution < -0.4 is 5.73 Å². The van der Waals surface area contributed by atoms with E-state index in [1.54, 1.807) is 12.1 Å². The summed E-state index contributed by atoms with van der Waals surface area (Å²) in [6.07, 6.45) is 0. The molecule has 5 nitrogen and oxygen atoms in total. The number of phenolic OH excluding ortho intramolecular Hbond substituents is 1. The first-order chi connectivity index (χ1) is 12.5. The average molecular weight is 378 g/mol. The summed E-state index contributed by atoms with van der Waals surface area (Å²) in [5.74, 6) is 0.162. The minimum atomic E-state index is 0.162. The number of nitrogen functional groups attached to an aromatic ring is 1. The number of aromatic hydroxyl groups is 1. The van der Waals surface area contributed by atoms with Crippen LogP contribution in [0.4, 0.5) is 5.69 Å². The third-order valence-electron chi connectivity index (χ3n) is 4.08. The van der Waals surface area contributed by atoms with E-state index in [2.05, 4.69) is 15.0 Å². The van der Waals surface area contributed by atoms with E-state index >= 15 is 0 Å². The quantitative estimate of drug-likeness (QED) is 0.292. The SMILES string of the molecule is Nc1cccc(-c2cc(-c3ccccc3O)c3c(=S)[nH]c(=S)[nH]c3n2)c1. The van der Waals surface area contributed by atoms with Crippen LogP contribution in [-0.4, -0.2) is 20.1 Å². The van der Waals surface area contributed by atoms with Gasteiger partial charge in [0.15, 0.2) is 4.77 Å². The van der Waals surface area contributed by atoms with E-state index in [9.17, 15) is 5.11 Å². The summed E-state index contributed by atoms with van der Waals surface area (Å²) in [4.78, 5) is 10.7. The molecule has 2 aromatic heterocycles. The van der Waals surface area contributed by atoms with Crippen LogP contribution in [-0.2, 0) is 0 Å². The van der Waals surface area contributed by atoms with Crippen LogP contribution in [0, 0.1) is 9.41 Å². The molecule has 0 saturated heterocycles. The second-order valence-electron chi connectivity index (χ2n) is 5.83. The van der Waals surface area contributed by atoms with Gasteiger partial charge in [0, 0.05) is 22.4 Å². The number of phenols is 1. The molecule has 0 amide bonds. The van der Waals surface area contributed by atoms with Gasteiger partial charge in [0.05, 0.1) is 11.1 Å². The van der Waals surface area contributed by atoms with Gasteiger partial charge in [0.1, 0.15) is 16.0 Å². The van der Waals surface area contributed by atoms with Gasteiger partial charge in [-0.2, -0.15) is 0 Å². The standard InChI is InChI=1S/C19H14N4OS2/c20-11-5-3-4-10(8-11)14-9-13(12-6-1-2-7-15(12)24)16-17(21-14)22-19(26)23-18(16)25/h1-9,24H,20H2,(H2,21,22,23,25,26). The van der Waals surface area contributed by atoms with Crippen molar-refractivity contribution in [2.45, 2.75) is 0 Å². The Morgan fingerprint density at radius 1 is 0.923 bits per heavy atom. The van der Waals surface area contributed by atoms with Crippen molar-refractivity contribution in [1.29, 1.82) is 0 Å². The number of aromatic nitrogens is 3. The molecule has 4 aromatic rings. The Kier molecular flexibility index (Phi) is 4.02. The molecule has 128 valence electrons. The normalized spacial score (nSPS) is 10.9. The first-order valence-electron chi connectivity index (χ1n) is 7.84. The fourth-order valence-electron chi connectivity index (χ4n) is 2.93. The zero-order chi connectivity index (χ0) is 18.3. The maximum absolute atomic E-state index is 10.4. The number of anilines is 1. The Morgan fingerprint density at radius 3 is 2.50 bits per heavy atom. The average Bonchev–Trinajstić information content (AvgIpc) is 2.61. The highest BCUT2D eigenvalue weighted by Crippen LogP contribution is 2.36. The minimum Gasteiger partial charge on any atom is -0.507 e. The molecule has 0 aliphatic rings. The van der Waals surface area contributed by atoms with Gasteiger partial charge >= 0.3 is 0 Å². The van der Waals surface area contributed by atoms with Crippen molar-refractivity contribution in [2.24, 2.45) is 0 Å². The molecular weight excluding hydrogens is 364 g/mol. The maximum Gasteiger partial charge on any atom is 0.177 e. The van der Waals surface area contributed by atoms with Gasteiger partial charge in [-0.1, -0.05) is 42.5 Å². The lowest BCUT2D eigenvalue weighted by atomic mass is 9.99. The first kappa shape index (κ1) is 16.4. The number of hydrogen-bond acceptors (Lipinski definition) is 5. The Morgan fingerprint density at radius 2 is 1.73 bits per heavy atom. The van der Waals surface area contributed by atoms with E-state index < -0.39 is 0 Å². The molecule has 0 bridgehead atoms. The van der Waals surface area contributed by atoms with Gasteiger partial charge in [-0.3, -0.25) is 0 Å². The summed E-state index contributed by atoms with van der Waals surface area (Å²) in [7, 11) is 0. The number of fused-ring (bicyclic) bond motifs is 1. The van der Waals surface area contributed by atoms with Gasteiger partial charge in [0.25, 0.3) is 0 Å². The Balaban J connectivity index is 2.13. The van der Waals surface area contributed by atoms with Crippen LogP contribution in [0.5, 0.6) is 5.75 Å². The lowest BCUT2D eigenvalue weighted by molar-refractivity contribution is 0.477. The molecule has 0 aliphatic carbocycles. The summed E-state index contributed by atoms with van der Waals surface area (Å²) in [6, 6.07) is 16.5. The summed E-state index contributed by atoms with van der Waals surface area (Å²) >= 11 is 10.7. The Hall–Kier alpha value is -3.03. The van der Waals surface area contributed by atoms with Gasteiger partial charge < -0.3 is 20.8 Å². The molecule has 0 aliphatic heterocycles. The van der Waals surface area contributed by atoms with E-state index in [4.69, 9.17) is 30.2 Å². The first-order valence-corrected chi connectivity index (χ1v) is 8.66. The second kappa shape index (κ2) is 6.36. The molecular formula is C19H14N4OS2. The molecule has 4 rings (SSSR count). The number of nitrogens with one attached hydrogen (secondary N) is 2. The summed E-state index contributed by atoms with van der Waals surface area (Å²) in [6.45, 7) is 0. The smallest absolute Gasteiger partial charge is 0.177 e. The lowest BCUT2D eigenvalue weighted by Gasteiger charge is -2.12. The molecule has 2 aromatic carbocycles. The van der Waals surface area contributed by atoms with Crippen molar-refractivity contribution < 1.29 is 5.11 Å². The monoisotopic (exact) mass is 378 g/mol. The summed E-state index contributed by atoms with van der Waals surface area (Å²) in [5, 5.41) is 11.1. The van der Waals surface area contributed by atoms with Crippen LogP contribution in [0.25, 0.3) is 33.4 Å². The Labute approximate surface area is 159 Å². The van der Waals surface area contributed by atoms with Crippen LogP contribution in [0.3, 0.4) is 0 Å². The van der Waals surface area contributed by atoms with E-state index in [0.29, 0.717) is 37.4 Å². The van der Waals surface area contributed by atoms with Gasteiger partial charge in [-0.25, -0.2) is 4.98 Å². The van der Waals surface area contributed by atoms with E-state index in [1.165, 1.54) is 0 Å². The number of benzene rings is 2. The van der Waals surface area contributed by atoms with Crippen LogP contribution >= 0.6 is 24.4 Å². The van der Waals surface area contributed by atoms with Crippen LogP contribution in [0.2, 0.25) is 0 Å². The number of hydrogen-bond donors (Lipinski definition) is 4. The second-order valence-corrected chi connectivity index (χ2v) is 6.65. The molecule has 0 saturated carbocycles. The molecule has 26 heavy (non-hydrogen) atoms. The fraction of sp³-hybridized carbons (Fsp3) is 0. The Bertz CT molecular complexity index is 1260. The number of nitrogens with zero attached hydrogens (tertiary/aromatic N) is 1. The van der Waals surface area contributed by atoms with Crippen molar-refractivity contribution in [3.63, 3.8) is 0 Å². The third kappa shape index (κ3) is 2.87. The molecule has 0 unspecified atom stereocenters. The lowest BCUT2D eigenvalue weighted by Crippen LogP contribution is -1.96. The number of nitrogens with two attached hydrogens (primary N) is 1. The van der Waals surface area contributed by atoms with Crippen molar-refractivity contribution in [3.8, 4) is 28.1 Å². The molecule has 0 fully saturated rings. The van der Waals surface area contributed by atoms with E-state index in [-0.39, 0.29) is 5.75 Å². The van der Waals surface area contributed by atoms with Crippen molar-refractivity contribution in [3.05, 3.63) is 64.0 Å². The zero-order valence-corrected chi connectivity index (χ0v) is 15.1. The van der Waals surface area contributed by atoms with E-state index in [1.807, 2.05) is 42.5 Å². The summed E-state index contributed by atoms with van der Waals surface area (Å²) in [5.41, 5.74) is 10.1. The topological polar surface area (TPSA) is 90.7 Å². The highest BCUT2D eigenvalue weighted by atomic mass is 32.1. The van der Waals surface area contributed by atoms with Crippen LogP contribution in [0.15, 0.2) is 54.6 Å². The van der Waals surface area contributed by atoms with Gasteiger partial charge in [-0.05, 0) is 36.5 Å². The molecule has 0 spiro atoms. The predicted octanol–water partition coefficient (Wildman–Crippen LogP) is 4.97. The fourth-order valence-corrected chi connectivity index (χ4v) is 3.50. The molecule has 7 heteroatoms. The predicted molar refractivity (Wildman–Crippen MR) is 109 cm³/mol. The molecule has 0 radical (unpaired) electrons. The number of para-hydroxylation sites is 1. The molecule has 0 atom stereocenters. The van der Waals surface area contributed by atoms with Crippen molar-refractivity contribution in [1.82, 2.24) is 15.0 Å². The van der Waals surface area contributed by atoms with Crippen molar-refractivity contribution >= 4 is 41.2 Å². The van der Waals surface area contributed by atoms with Gasteiger partial charge in [0.2, 0.25) is 0 Å². The zero-order valence-electron chi connectivity index (χ0n) is 13.5. The number of pyridine rings is 1. The van der Waals surface area contributed by atoms with Crippen LogP contribution in [0.1, 0.15) is 0 Å². The minimum absolute atomic E-state index is 0.162. The number of H-pyrrole nitrogens is 2. The number of aromatic amines is 2. The molecule has 2 heterocycles. The number of rotatable bonds is 2. The van der Waals surface area contributed by atoms with Crippen molar-refractivity contribution in [2.75, 3.05) is 5.73 Å². The maximum atomic E-state index is 10.4. The summed E-state index contributed by atoms with van der Waals surface area (Å²) < 4.78 is 0.858.